The minimum Gasteiger partial charge on any atom is -0.464 e. The molecule has 0 fully saturated rings. The number of rotatable bonds is 6. The summed E-state index contributed by atoms with van der Waals surface area (Å²) in [7, 11) is 0. The first-order valence-corrected chi connectivity index (χ1v) is 14.3. The van der Waals surface area contributed by atoms with Crippen molar-refractivity contribution >= 4 is 22.0 Å². The fraction of sp³-hybridized carbons (Fsp3) is 0.162. The highest BCUT2D eigenvalue weighted by molar-refractivity contribution is 5.97. The lowest BCUT2D eigenvalue weighted by Gasteiger charge is -2.24. The zero-order valence-electron chi connectivity index (χ0n) is 23.8. The van der Waals surface area contributed by atoms with Crippen LogP contribution in [0.1, 0.15) is 50.7 Å². The summed E-state index contributed by atoms with van der Waals surface area (Å²) >= 11 is 0. The molecule has 4 aromatic carbocycles. The van der Waals surface area contributed by atoms with Crippen molar-refractivity contribution in [1.82, 2.24) is 9.55 Å². The summed E-state index contributed by atoms with van der Waals surface area (Å²) in [6, 6.07) is 33.9. The molecule has 0 unspecified atom stereocenters. The van der Waals surface area contributed by atoms with Crippen molar-refractivity contribution in [3.05, 3.63) is 121 Å². The lowest BCUT2D eigenvalue weighted by atomic mass is 9.88. The molecule has 7 aromatic rings. The molecule has 0 radical (unpaired) electrons. The van der Waals surface area contributed by atoms with Gasteiger partial charge < -0.3 is 8.83 Å². The average molecular weight is 537 g/mol. The highest BCUT2D eigenvalue weighted by Gasteiger charge is 2.25. The molecule has 0 aliphatic rings. The third-order valence-corrected chi connectivity index (χ3v) is 7.92. The number of nitrogens with zero attached hydrogens (tertiary/aromatic N) is 2. The molecule has 41 heavy (non-hydrogen) atoms. The van der Waals surface area contributed by atoms with Gasteiger partial charge in [0.15, 0.2) is 0 Å². The van der Waals surface area contributed by atoms with Crippen LogP contribution in [0.4, 0.5) is 0 Å². The second-order valence-electron chi connectivity index (χ2n) is 11.3. The van der Waals surface area contributed by atoms with Crippen molar-refractivity contribution < 1.29 is 8.83 Å². The molecule has 0 spiro atoms. The number of fused-ring (bicyclic) bond motifs is 2. The van der Waals surface area contributed by atoms with Crippen LogP contribution >= 0.6 is 0 Å². The van der Waals surface area contributed by atoms with Gasteiger partial charge in [0, 0.05) is 10.9 Å². The molecule has 4 heteroatoms. The summed E-state index contributed by atoms with van der Waals surface area (Å²) in [6.07, 6.45) is 3.55. The Labute approximate surface area is 239 Å². The number of hydrogen-bond donors (Lipinski definition) is 0. The van der Waals surface area contributed by atoms with E-state index < -0.39 is 0 Å². The second-order valence-corrected chi connectivity index (χ2v) is 11.3. The first kappa shape index (κ1) is 25.2. The Morgan fingerprint density at radius 3 is 2.10 bits per heavy atom. The van der Waals surface area contributed by atoms with E-state index >= 15 is 0 Å². The SMILES string of the molecule is CC(C)c1cc(-c2ccccc2)cc(C(C)C)c1-n1c(-c2coc3ccc(-c4ccco4)cc23)nc2ccccc21. The molecule has 3 heterocycles. The summed E-state index contributed by atoms with van der Waals surface area (Å²) in [5, 5.41) is 1.01. The highest BCUT2D eigenvalue weighted by Crippen LogP contribution is 2.42. The average Bonchev–Trinajstić information content (AvgIpc) is 3.75. The van der Waals surface area contributed by atoms with Gasteiger partial charge >= 0.3 is 0 Å². The monoisotopic (exact) mass is 536 g/mol. The predicted molar refractivity (Wildman–Crippen MR) is 168 cm³/mol. The number of para-hydroxylation sites is 2. The van der Waals surface area contributed by atoms with Gasteiger partial charge in [0.1, 0.15) is 23.4 Å². The summed E-state index contributed by atoms with van der Waals surface area (Å²) in [4.78, 5) is 5.24. The Bertz CT molecular complexity index is 1960. The molecule has 0 saturated heterocycles. The van der Waals surface area contributed by atoms with E-state index in [1.807, 2.05) is 30.5 Å². The van der Waals surface area contributed by atoms with Crippen molar-refractivity contribution in [2.24, 2.45) is 0 Å². The topological polar surface area (TPSA) is 44.1 Å². The molecular weight excluding hydrogens is 504 g/mol. The molecule has 0 atom stereocenters. The molecule has 0 saturated carbocycles. The fourth-order valence-electron chi connectivity index (χ4n) is 5.85. The standard InChI is InChI=1S/C37H32N2O2/c1-23(2)28-20-27(25-11-6-5-7-12-25)21-29(24(3)4)36(28)39-33-14-9-8-13-32(33)38-37(39)31-22-41-35-17-16-26(19-30(31)35)34-15-10-18-40-34/h5-24H,1-4H3. The zero-order chi connectivity index (χ0) is 28.1. The van der Waals surface area contributed by atoms with E-state index in [0.717, 1.165) is 44.7 Å². The molecular formula is C37H32N2O2. The number of aromatic nitrogens is 2. The molecule has 4 nitrogen and oxygen atoms in total. The van der Waals surface area contributed by atoms with Gasteiger partial charge in [-0.2, -0.15) is 0 Å². The van der Waals surface area contributed by atoms with Crippen LogP contribution in [0.25, 0.3) is 61.5 Å². The number of benzene rings is 4. The normalized spacial score (nSPS) is 11.9. The van der Waals surface area contributed by atoms with Gasteiger partial charge in [0.25, 0.3) is 0 Å². The van der Waals surface area contributed by atoms with Gasteiger partial charge in [-0.3, -0.25) is 4.57 Å². The number of furan rings is 2. The predicted octanol–water partition coefficient (Wildman–Crippen LogP) is 10.6. The summed E-state index contributed by atoms with van der Waals surface area (Å²) in [6.45, 7) is 9.11. The zero-order valence-corrected chi connectivity index (χ0v) is 23.8. The molecule has 3 aromatic heterocycles. The Kier molecular flexibility index (Phi) is 6.12. The molecule has 0 N–H and O–H groups in total. The molecule has 0 amide bonds. The highest BCUT2D eigenvalue weighted by atomic mass is 16.3. The van der Waals surface area contributed by atoms with E-state index in [1.165, 1.54) is 27.9 Å². The lowest BCUT2D eigenvalue weighted by Crippen LogP contribution is -2.09. The fourth-order valence-corrected chi connectivity index (χ4v) is 5.85. The van der Waals surface area contributed by atoms with Crippen molar-refractivity contribution in [2.75, 3.05) is 0 Å². The number of imidazole rings is 1. The first-order chi connectivity index (χ1) is 20.0. The van der Waals surface area contributed by atoms with E-state index in [1.54, 1.807) is 6.26 Å². The van der Waals surface area contributed by atoms with Crippen LogP contribution in [0.2, 0.25) is 0 Å². The maximum Gasteiger partial charge on any atom is 0.149 e. The Balaban J connectivity index is 1.54. The van der Waals surface area contributed by atoms with Crippen molar-refractivity contribution in [3.8, 4) is 39.5 Å². The van der Waals surface area contributed by atoms with Crippen molar-refractivity contribution in [3.63, 3.8) is 0 Å². The van der Waals surface area contributed by atoms with E-state index in [4.69, 9.17) is 13.8 Å². The largest absolute Gasteiger partial charge is 0.464 e. The molecule has 0 aliphatic carbocycles. The van der Waals surface area contributed by atoms with Crippen LogP contribution in [0, 0.1) is 0 Å². The van der Waals surface area contributed by atoms with Crippen molar-refractivity contribution in [2.45, 2.75) is 39.5 Å². The van der Waals surface area contributed by atoms with Gasteiger partial charge in [-0.25, -0.2) is 4.98 Å². The first-order valence-electron chi connectivity index (χ1n) is 14.3. The van der Waals surface area contributed by atoms with E-state index in [-0.39, 0.29) is 0 Å². The van der Waals surface area contributed by atoms with Gasteiger partial charge in [-0.1, -0.05) is 70.2 Å². The van der Waals surface area contributed by atoms with Crippen molar-refractivity contribution in [1.29, 1.82) is 0 Å². The van der Waals surface area contributed by atoms with Crippen LogP contribution in [0.5, 0.6) is 0 Å². The maximum absolute atomic E-state index is 6.11. The van der Waals surface area contributed by atoms with Gasteiger partial charge in [0.2, 0.25) is 0 Å². The Morgan fingerprint density at radius 2 is 1.39 bits per heavy atom. The van der Waals surface area contributed by atoms with Gasteiger partial charge in [-0.15, -0.1) is 0 Å². The minimum absolute atomic E-state index is 0.298. The van der Waals surface area contributed by atoms with Crippen LogP contribution in [0.3, 0.4) is 0 Å². The van der Waals surface area contributed by atoms with Crippen LogP contribution < -0.4 is 0 Å². The minimum atomic E-state index is 0.298. The molecule has 0 bridgehead atoms. The number of hydrogen-bond acceptors (Lipinski definition) is 3. The quantitative estimate of drug-likeness (QED) is 0.212. The van der Waals surface area contributed by atoms with E-state index in [9.17, 15) is 0 Å². The molecule has 202 valence electrons. The van der Waals surface area contributed by atoms with Crippen LogP contribution in [0.15, 0.2) is 118 Å². The lowest BCUT2D eigenvalue weighted by molar-refractivity contribution is 0.582. The molecule has 7 rings (SSSR count). The summed E-state index contributed by atoms with van der Waals surface area (Å²) < 4.78 is 14.2. The summed E-state index contributed by atoms with van der Waals surface area (Å²) in [5.74, 6) is 2.30. The third kappa shape index (κ3) is 4.27. The van der Waals surface area contributed by atoms with Gasteiger partial charge in [0.05, 0.1) is 28.5 Å². The Hall–Kier alpha value is -4.83. The Morgan fingerprint density at radius 1 is 0.659 bits per heavy atom. The smallest absolute Gasteiger partial charge is 0.149 e. The van der Waals surface area contributed by atoms with E-state index in [0.29, 0.717) is 11.8 Å². The third-order valence-electron chi connectivity index (χ3n) is 7.92. The van der Waals surface area contributed by atoms with Crippen LogP contribution in [-0.2, 0) is 0 Å². The second kappa shape index (κ2) is 9.97. The summed E-state index contributed by atoms with van der Waals surface area (Å²) in [5.41, 5.74) is 11.1. The van der Waals surface area contributed by atoms with Crippen LogP contribution in [-0.4, -0.2) is 9.55 Å². The molecule has 0 aliphatic heterocycles. The maximum atomic E-state index is 6.11. The van der Waals surface area contributed by atoms with Gasteiger partial charge in [-0.05, 0) is 88.7 Å². The van der Waals surface area contributed by atoms with E-state index in [2.05, 4.69) is 105 Å².